The average Bonchev–Trinajstić information content (AvgIpc) is 2.49. The first kappa shape index (κ1) is 16.6. The molecule has 1 aromatic carbocycles. The smallest absolute Gasteiger partial charge is 0.506 e. The molecule has 2 N–H and O–H groups in total. The number of aromatic hydroxyl groups is 1. The van der Waals surface area contributed by atoms with E-state index in [1.54, 1.807) is 0 Å². The van der Waals surface area contributed by atoms with Crippen LogP contribution in [-0.2, 0) is 6.42 Å². The van der Waals surface area contributed by atoms with Crippen LogP contribution in [0.2, 0.25) is 0 Å². The fourth-order valence-electron chi connectivity index (χ4n) is 1.93. The van der Waals surface area contributed by atoms with E-state index in [0.29, 0.717) is 17.5 Å². The highest BCUT2D eigenvalue weighted by atomic mass is 19.4. The van der Waals surface area contributed by atoms with Crippen molar-refractivity contribution in [2.45, 2.75) is 19.7 Å². The van der Waals surface area contributed by atoms with E-state index >= 15 is 0 Å². The Morgan fingerprint density at radius 1 is 1.35 bits per heavy atom. The zero-order valence-electron chi connectivity index (χ0n) is 12.0. The Morgan fingerprint density at radius 2 is 2.09 bits per heavy atom. The van der Waals surface area contributed by atoms with Crippen molar-refractivity contribution in [3.8, 4) is 11.5 Å². The molecule has 0 aliphatic carbocycles. The van der Waals surface area contributed by atoms with Crippen molar-refractivity contribution in [1.29, 1.82) is 0 Å². The highest BCUT2D eigenvalue weighted by Crippen LogP contribution is 2.31. The number of phenols is 1. The maximum absolute atomic E-state index is 12.2. The molecular formula is C15H13F3N2O3. The molecule has 2 rings (SSSR count). The number of nitrogens with zero attached hydrogens (tertiary/aromatic N) is 1. The highest BCUT2D eigenvalue weighted by Gasteiger charge is 2.31. The number of carbonyl (C=O) groups is 1. The van der Waals surface area contributed by atoms with Gasteiger partial charge in [0.2, 0.25) is 0 Å². The van der Waals surface area contributed by atoms with E-state index < -0.39 is 18.0 Å². The summed E-state index contributed by atoms with van der Waals surface area (Å²) >= 11 is 0. The lowest BCUT2D eigenvalue weighted by molar-refractivity contribution is -0.274. The van der Waals surface area contributed by atoms with Crippen molar-refractivity contribution in [3.63, 3.8) is 0 Å². The van der Waals surface area contributed by atoms with Crippen LogP contribution < -0.4 is 10.1 Å². The Morgan fingerprint density at radius 3 is 2.74 bits per heavy atom. The molecule has 23 heavy (non-hydrogen) atoms. The van der Waals surface area contributed by atoms with Gasteiger partial charge >= 0.3 is 6.36 Å². The van der Waals surface area contributed by atoms with E-state index in [-0.39, 0.29) is 11.4 Å². The summed E-state index contributed by atoms with van der Waals surface area (Å²) in [4.78, 5) is 16.1. The summed E-state index contributed by atoms with van der Waals surface area (Å²) in [6.07, 6.45) is -1.35. The number of amides is 1. The zero-order valence-corrected chi connectivity index (χ0v) is 12.0. The number of pyridine rings is 1. The Kier molecular flexibility index (Phi) is 4.73. The fourth-order valence-corrected chi connectivity index (χ4v) is 1.93. The third-order valence-electron chi connectivity index (χ3n) is 2.98. The van der Waals surface area contributed by atoms with E-state index in [0.717, 1.165) is 18.2 Å². The van der Waals surface area contributed by atoms with Crippen molar-refractivity contribution in [3.05, 3.63) is 47.8 Å². The zero-order chi connectivity index (χ0) is 17.0. The molecule has 1 aromatic heterocycles. The number of benzene rings is 1. The Labute approximate surface area is 129 Å². The minimum atomic E-state index is -4.86. The van der Waals surface area contributed by atoms with E-state index in [4.69, 9.17) is 0 Å². The number of hydrogen-bond donors (Lipinski definition) is 2. The molecule has 0 aliphatic heterocycles. The van der Waals surface area contributed by atoms with Gasteiger partial charge in [0.25, 0.3) is 5.91 Å². The summed E-state index contributed by atoms with van der Waals surface area (Å²) in [7, 11) is 0. The summed E-state index contributed by atoms with van der Waals surface area (Å²) < 4.78 is 40.4. The second-order valence-corrected chi connectivity index (χ2v) is 4.57. The molecule has 0 fully saturated rings. The van der Waals surface area contributed by atoms with E-state index in [1.165, 1.54) is 18.5 Å². The maximum Gasteiger partial charge on any atom is 0.573 e. The van der Waals surface area contributed by atoms with E-state index in [2.05, 4.69) is 15.0 Å². The van der Waals surface area contributed by atoms with Gasteiger partial charge in [0.05, 0.1) is 5.69 Å². The standard InChI is InChI=1S/C15H13F3N2O3/c1-2-9-8-19-6-5-11(9)14(22)20-12-7-10(3-4-13(12)21)23-15(16,17)18/h3-8,21H,2H2,1H3,(H,20,22). The van der Waals surface area contributed by atoms with Crippen molar-refractivity contribution >= 4 is 11.6 Å². The molecule has 1 heterocycles. The molecular weight excluding hydrogens is 313 g/mol. The largest absolute Gasteiger partial charge is 0.573 e. The normalized spacial score (nSPS) is 11.1. The number of carbonyl (C=O) groups excluding carboxylic acids is 1. The minimum Gasteiger partial charge on any atom is -0.506 e. The van der Waals surface area contributed by atoms with E-state index in [1.807, 2.05) is 6.92 Å². The molecule has 2 aromatic rings. The second-order valence-electron chi connectivity index (χ2n) is 4.57. The lowest BCUT2D eigenvalue weighted by Gasteiger charge is -2.13. The summed E-state index contributed by atoms with van der Waals surface area (Å²) in [5.41, 5.74) is 0.812. The van der Waals surface area contributed by atoms with Crippen LogP contribution in [0.1, 0.15) is 22.8 Å². The quantitative estimate of drug-likeness (QED) is 0.844. The van der Waals surface area contributed by atoms with Crippen molar-refractivity contribution < 1.29 is 27.8 Å². The SMILES string of the molecule is CCc1cnccc1C(=O)Nc1cc(OC(F)(F)F)ccc1O. The monoisotopic (exact) mass is 326 g/mol. The molecule has 0 atom stereocenters. The highest BCUT2D eigenvalue weighted by molar-refractivity contribution is 6.06. The van der Waals surface area contributed by atoms with Gasteiger partial charge in [-0.2, -0.15) is 0 Å². The van der Waals surface area contributed by atoms with Crippen molar-refractivity contribution in [2.24, 2.45) is 0 Å². The van der Waals surface area contributed by atoms with Gasteiger partial charge in [0.1, 0.15) is 11.5 Å². The van der Waals surface area contributed by atoms with Crippen LogP contribution in [0, 0.1) is 0 Å². The molecule has 0 aliphatic rings. The molecule has 0 saturated heterocycles. The van der Waals surface area contributed by atoms with Crippen LogP contribution in [0.25, 0.3) is 0 Å². The van der Waals surface area contributed by atoms with Crippen LogP contribution >= 0.6 is 0 Å². The molecule has 0 bridgehead atoms. The number of aromatic nitrogens is 1. The molecule has 0 spiro atoms. The van der Waals surface area contributed by atoms with Crippen molar-refractivity contribution in [1.82, 2.24) is 4.98 Å². The van der Waals surface area contributed by atoms with Gasteiger partial charge in [-0.15, -0.1) is 13.2 Å². The average molecular weight is 326 g/mol. The van der Waals surface area contributed by atoms with Gasteiger partial charge in [-0.25, -0.2) is 0 Å². The van der Waals surface area contributed by atoms with Gasteiger partial charge in [-0.3, -0.25) is 9.78 Å². The topological polar surface area (TPSA) is 71.5 Å². The number of nitrogens with one attached hydrogen (secondary N) is 1. The summed E-state index contributed by atoms with van der Waals surface area (Å²) in [6, 6.07) is 4.33. The molecule has 122 valence electrons. The van der Waals surface area contributed by atoms with Gasteiger partial charge in [0.15, 0.2) is 0 Å². The molecule has 0 unspecified atom stereocenters. The first-order chi connectivity index (χ1) is 10.8. The summed E-state index contributed by atoms with van der Waals surface area (Å²) in [5, 5.41) is 12.1. The first-order valence-electron chi connectivity index (χ1n) is 6.63. The van der Waals surface area contributed by atoms with Gasteiger partial charge < -0.3 is 15.2 Å². The number of aryl methyl sites for hydroxylation is 1. The van der Waals surface area contributed by atoms with Crippen molar-refractivity contribution in [2.75, 3.05) is 5.32 Å². The number of rotatable bonds is 4. The number of hydrogen-bond acceptors (Lipinski definition) is 4. The van der Waals surface area contributed by atoms with Crippen LogP contribution in [0.5, 0.6) is 11.5 Å². The van der Waals surface area contributed by atoms with Crippen LogP contribution in [-0.4, -0.2) is 22.4 Å². The number of ether oxygens (including phenoxy) is 1. The first-order valence-corrected chi connectivity index (χ1v) is 6.63. The molecule has 5 nitrogen and oxygen atoms in total. The third kappa shape index (κ3) is 4.35. The summed E-state index contributed by atoms with van der Waals surface area (Å²) in [5.74, 6) is -1.49. The number of alkyl halides is 3. The molecule has 0 saturated carbocycles. The summed E-state index contributed by atoms with van der Waals surface area (Å²) in [6.45, 7) is 1.84. The Bertz CT molecular complexity index is 717. The van der Waals surface area contributed by atoms with E-state index in [9.17, 15) is 23.1 Å². The van der Waals surface area contributed by atoms with Gasteiger partial charge in [-0.1, -0.05) is 6.92 Å². The maximum atomic E-state index is 12.2. The number of phenolic OH excluding ortho intramolecular Hbond substituents is 1. The molecule has 1 amide bonds. The number of anilines is 1. The third-order valence-corrected chi connectivity index (χ3v) is 2.98. The predicted molar refractivity (Wildman–Crippen MR) is 76.4 cm³/mol. The molecule has 0 radical (unpaired) electrons. The van der Waals surface area contributed by atoms with Crippen LogP contribution in [0.15, 0.2) is 36.7 Å². The lowest BCUT2D eigenvalue weighted by atomic mass is 10.1. The lowest BCUT2D eigenvalue weighted by Crippen LogP contribution is -2.18. The fraction of sp³-hybridized carbons (Fsp3) is 0.200. The number of halogens is 3. The van der Waals surface area contributed by atoms with Crippen LogP contribution in [0.4, 0.5) is 18.9 Å². The minimum absolute atomic E-state index is 0.185. The predicted octanol–water partition coefficient (Wildman–Crippen LogP) is 3.50. The Balaban J connectivity index is 2.25. The second kappa shape index (κ2) is 6.55. The Hall–Kier alpha value is -2.77. The van der Waals surface area contributed by atoms with Gasteiger partial charge in [0, 0.05) is 24.0 Å². The molecule has 8 heteroatoms. The van der Waals surface area contributed by atoms with Gasteiger partial charge in [-0.05, 0) is 30.2 Å². The van der Waals surface area contributed by atoms with Crippen LogP contribution in [0.3, 0.4) is 0 Å².